The lowest BCUT2D eigenvalue weighted by Crippen LogP contribution is -2.28. The number of hydrogen-bond donors (Lipinski definition) is 2. The van der Waals surface area contributed by atoms with Crippen molar-refractivity contribution in [2.45, 2.75) is 18.7 Å². The van der Waals surface area contributed by atoms with Gasteiger partial charge in [-0.15, -0.1) is 0 Å². The van der Waals surface area contributed by atoms with Gasteiger partial charge in [0.25, 0.3) is 15.9 Å². The van der Waals surface area contributed by atoms with E-state index in [9.17, 15) is 18.0 Å². The molecule has 7 heteroatoms. The van der Waals surface area contributed by atoms with Crippen molar-refractivity contribution in [2.24, 2.45) is 0 Å². The molecular weight excluding hydrogens is 316 g/mol. The van der Waals surface area contributed by atoms with Crippen molar-refractivity contribution in [1.82, 2.24) is 4.72 Å². The molecule has 0 saturated heterocycles. The van der Waals surface area contributed by atoms with Crippen LogP contribution in [-0.2, 0) is 14.8 Å². The van der Waals surface area contributed by atoms with Gasteiger partial charge in [-0.25, -0.2) is 13.1 Å². The highest BCUT2D eigenvalue weighted by molar-refractivity contribution is 7.90. The molecule has 0 aliphatic carbocycles. The van der Waals surface area contributed by atoms with Crippen LogP contribution in [0, 0.1) is 6.92 Å². The second kappa shape index (κ2) is 6.62. The summed E-state index contributed by atoms with van der Waals surface area (Å²) < 4.78 is 25.5. The predicted octanol–water partition coefficient (Wildman–Crippen LogP) is 2.07. The lowest BCUT2D eigenvalue weighted by molar-refractivity contribution is -0.117. The first-order chi connectivity index (χ1) is 10.8. The molecule has 6 nitrogen and oxygen atoms in total. The highest BCUT2D eigenvalue weighted by Crippen LogP contribution is 2.15. The molecule has 0 aromatic heterocycles. The van der Waals surface area contributed by atoms with Crippen LogP contribution in [0.3, 0.4) is 0 Å². The second-order valence-corrected chi connectivity index (χ2v) is 6.69. The molecule has 2 aromatic rings. The molecule has 0 heterocycles. The quantitative estimate of drug-likeness (QED) is 0.896. The molecule has 0 fully saturated rings. The Morgan fingerprint density at radius 1 is 0.913 bits per heavy atom. The summed E-state index contributed by atoms with van der Waals surface area (Å²) in [7, 11) is -3.87. The Morgan fingerprint density at radius 3 is 2.00 bits per heavy atom. The highest BCUT2D eigenvalue weighted by atomic mass is 32.2. The minimum Gasteiger partial charge on any atom is -0.322 e. The van der Waals surface area contributed by atoms with Crippen LogP contribution < -0.4 is 10.0 Å². The van der Waals surface area contributed by atoms with Crippen LogP contribution in [0.4, 0.5) is 5.69 Å². The monoisotopic (exact) mass is 332 g/mol. The van der Waals surface area contributed by atoms with Crippen LogP contribution in [0.15, 0.2) is 53.4 Å². The third kappa shape index (κ3) is 4.40. The molecule has 0 bridgehead atoms. The molecule has 23 heavy (non-hydrogen) atoms. The third-order valence-electron chi connectivity index (χ3n) is 3.01. The molecule has 0 atom stereocenters. The van der Waals surface area contributed by atoms with Gasteiger partial charge in [-0.05, 0) is 43.3 Å². The Kier molecular flexibility index (Phi) is 4.80. The number of nitrogens with one attached hydrogen (secondary N) is 2. The smallest absolute Gasteiger partial charge is 0.264 e. The summed E-state index contributed by atoms with van der Waals surface area (Å²) in [5, 5.41) is 2.68. The minimum absolute atomic E-state index is 0.0546. The van der Waals surface area contributed by atoms with E-state index in [1.165, 1.54) is 24.3 Å². The average molecular weight is 332 g/mol. The molecule has 2 rings (SSSR count). The molecule has 0 radical (unpaired) electrons. The average Bonchev–Trinajstić information content (AvgIpc) is 2.47. The first-order valence-corrected chi connectivity index (χ1v) is 8.28. The third-order valence-corrected chi connectivity index (χ3v) is 4.46. The van der Waals surface area contributed by atoms with E-state index in [0.29, 0.717) is 11.3 Å². The zero-order valence-corrected chi connectivity index (χ0v) is 13.5. The van der Waals surface area contributed by atoms with Crippen LogP contribution in [-0.4, -0.2) is 20.2 Å². The number of sulfonamides is 1. The number of hydrogen-bond acceptors (Lipinski definition) is 4. The van der Waals surface area contributed by atoms with Gasteiger partial charge in [0.2, 0.25) is 5.91 Å². The zero-order valence-electron chi connectivity index (χ0n) is 12.7. The van der Waals surface area contributed by atoms with Crippen molar-refractivity contribution in [3.63, 3.8) is 0 Å². The largest absolute Gasteiger partial charge is 0.322 e. The zero-order chi connectivity index (χ0) is 17.0. The molecule has 0 saturated carbocycles. The molecule has 2 aromatic carbocycles. The van der Waals surface area contributed by atoms with Gasteiger partial charge in [-0.3, -0.25) is 9.59 Å². The Morgan fingerprint density at radius 2 is 1.48 bits per heavy atom. The van der Waals surface area contributed by atoms with Crippen molar-refractivity contribution in [3.8, 4) is 0 Å². The van der Waals surface area contributed by atoms with E-state index in [0.717, 1.165) is 12.5 Å². The topological polar surface area (TPSA) is 92.3 Å². The van der Waals surface area contributed by atoms with E-state index in [-0.39, 0.29) is 10.8 Å². The number of rotatable bonds is 4. The van der Waals surface area contributed by atoms with Crippen LogP contribution in [0.25, 0.3) is 0 Å². The summed E-state index contributed by atoms with van der Waals surface area (Å²) in [4.78, 5) is 22.9. The summed E-state index contributed by atoms with van der Waals surface area (Å²) in [6.07, 6.45) is 0. The summed E-state index contributed by atoms with van der Waals surface area (Å²) >= 11 is 0. The van der Waals surface area contributed by atoms with Crippen molar-refractivity contribution in [2.75, 3.05) is 5.32 Å². The van der Waals surface area contributed by atoms with Gasteiger partial charge in [-0.2, -0.15) is 0 Å². The molecule has 2 N–H and O–H groups in total. The first-order valence-electron chi connectivity index (χ1n) is 6.79. The number of carbonyl (C=O) groups excluding carboxylic acids is 2. The fraction of sp³-hybridized carbons (Fsp3) is 0.125. The van der Waals surface area contributed by atoms with Gasteiger partial charge in [0.05, 0.1) is 4.90 Å². The molecule has 0 spiro atoms. The number of aryl methyl sites for hydroxylation is 1. The van der Waals surface area contributed by atoms with E-state index < -0.39 is 15.9 Å². The summed E-state index contributed by atoms with van der Waals surface area (Å²) in [6, 6.07) is 12.6. The Hall–Kier alpha value is -2.67. The van der Waals surface area contributed by atoms with Crippen molar-refractivity contribution in [3.05, 3.63) is 59.7 Å². The first kappa shape index (κ1) is 16.7. The molecule has 0 aliphatic heterocycles. The van der Waals surface area contributed by atoms with Crippen LogP contribution in [0.5, 0.6) is 0 Å². The van der Waals surface area contributed by atoms with Crippen molar-refractivity contribution >= 4 is 27.5 Å². The molecule has 0 aliphatic rings. The number of carbonyl (C=O) groups is 2. The van der Waals surface area contributed by atoms with Crippen molar-refractivity contribution in [1.29, 1.82) is 0 Å². The van der Waals surface area contributed by atoms with Gasteiger partial charge in [0.1, 0.15) is 0 Å². The number of anilines is 1. The lowest BCUT2D eigenvalue weighted by atomic mass is 10.1. The number of amides is 2. The maximum absolute atomic E-state index is 12.1. The van der Waals surface area contributed by atoms with E-state index >= 15 is 0 Å². The van der Waals surface area contributed by atoms with Gasteiger partial charge in [0, 0.05) is 18.2 Å². The fourth-order valence-electron chi connectivity index (χ4n) is 1.87. The summed E-state index contributed by atoms with van der Waals surface area (Å²) in [5.41, 5.74) is 2.01. The Labute approximate surface area is 134 Å². The lowest BCUT2D eigenvalue weighted by Gasteiger charge is -2.08. The highest BCUT2D eigenvalue weighted by Gasteiger charge is 2.15. The fourth-order valence-corrected chi connectivity index (χ4v) is 2.86. The van der Waals surface area contributed by atoms with Crippen LogP contribution >= 0.6 is 0 Å². The van der Waals surface area contributed by atoms with E-state index in [4.69, 9.17) is 0 Å². The molecule has 2 amide bonds. The molecular formula is C16H16N2O4S. The predicted molar refractivity (Wildman–Crippen MR) is 86.6 cm³/mol. The van der Waals surface area contributed by atoms with Gasteiger partial charge >= 0.3 is 0 Å². The van der Waals surface area contributed by atoms with E-state index in [1.54, 1.807) is 12.1 Å². The van der Waals surface area contributed by atoms with Crippen molar-refractivity contribution < 1.29 is 18.0 Å². The Bertz CT molecular complexity index is 825. The standard InChI is InChI=1S/C16H16N2O4S/c1-11-3-5-13(6-4-11)16(20)17-14-7-9-15(10-8-14)23(21,22)18-12(2)19/h3-10H,1-2H3,(H,17,20)(H,18,19). The molecule has 120 valence electrons. The maximum atomic E-state index is 12.1. The number of benzene rings is 2. The SMILES string of the molecule is CC(=O)NS(=O)(=O)c1ccc(NC(=O)c2ccc(C)cc2)cc1. The van der Waals surface area contributed by atoms with Gasteiger partial charge < -0.3 is 5.32 Å². The van der Waals surface area contributed by atoms with E-state index in [2.05, 4.69) is 5.32 Å². The maximum Gasteiger partial charge on any atom is 0.264 e. The summed E-state index contributed by atoms with van der Waals surface area (Å²) in [6.45, 7) is 3.05. The Balaban J connectivity index is 2.12. The van der Waals surface area contributed by atoms with Gasteiger partial charge in [0.15, 0.2) is 0 Å². The minimum atomic E-state index is -3.87. The molecule has 0 unspecified atom stereocenters. The second-order valence-electron chi connectivity index (χ2n) is 5.01. The van der Waals surface area contributed by atoms with Crippen LogP contribution in [0.1, 0.15) is 22.8 Å². The summed E-state index contributed by atoms with van der Waals surface area (Å²) in [5.74, 6) is -0.954. The van der Waals surface area contributed by atoms with E-state index in [1.807, 2.05) is 23.8 Å². The van der Waals surface area contributed by atoms with Crippen LogP contribution in [0.2, 0.25) is 0 Å². The normalized spacial score (nSPS) is 10.9. The van der Waals surface area contributed by atoms with Gasteiger partial charge in [-0.1, -0.05) is 17.7 Å².